The molecule has 0 aromatic heterocycles. The summed E-state index contributed by atoms with van der Waals surface area (Å²) in [6, 6.07) is 10.4. The number of ether oxygens (including phenoxy) is 1. The highest BCUT2D eigenvalue weighted by Crippen LogP contribution is 2.36. The average Bonchev–Trinajstić information content (AvgIpc) is 2.53. The highest BCUT2D eigenvalue weighted by Gasteiger charge is 2.33. The molecule has 25 heavy (non-hydrogen) atoms. The number of nitrogens with one attached hydrogen (secondary N) is 1. The quantitative estimate of drug-likeness (QED) is 0.757. The zero-order chi connectivity index (χ0) is 18.6. The molecule has 3 nitrogen and oxygen atoms in total. The second kappa shape index (κ2) is 7.78. The molecular weight excluding hydrogens is 355 g/mol. The molecule has 0 bridgehead atoms. The topological polar surface area (TPSA) is 38.3 Å². The number of carbonyl (C=O) groups is 1. The Bertz CT molecular complexity index is 762. The van der Waals surface area contributed by atoms with Crippen molar-refractivity contribution in [1.29, 1.82) is 0 Å². The van der Waals surface area contributed by atoms with Gasteiger partial charge in [-0.2, -0.15) is 13.2 Å². The van der Waals surface area contributed by atoms with Gasteiger partial charge >= 0.3 is 6.18 Å². The molecule has 0 radical (unpaired) electrons. The Balaban J connectivity index is 2.14. The minimum Gasteiger partial charge on any atom is -0.481 e. The minimum absolute atomic E-state index is 0.00742. The smallest absolute Gasteiger partial charge is 0.417 e. The number of alkyl halides is 3. The first kappa shape index (κ1) is 19.1. The van der Waals surface area contributed by atoms with Gasteiger partial charge in [-0.05, 0) is 49.2 Å². The van der Waals surface area contributed by atoms with Crippen LogP contribution in [0.1, 0.15) is 24.5 Å². The first-order valence-corrected chi connectivity index (χ1v) is 7.99. The fourth-order valence-corrected chi connectivity index (χ4v) is 2.44. The largest absolute Gasteiger partial charge is 0.481 e. The Morgan fingerprint density at radius 1 is 1.24 bits per heavy atom. The van der Waals surface area contributed by atoms with Crippen molar-refractivity contribution in [1.82, 2.24) is 0 Å². The fourth-order valence-electron chi connectivity index (χ4n) is 2.22. The molecule has 0 aliphatic heterocycles. The third-order valence-corrected chi connectivity index (χ3v) is 3.80. The number of amides is 1. The number of carbonyl (C=O) groups excluding carboxylic acids is 1. The number of hydrogen-bond acceptors (Lipinski definition) is 2. The lowest BCUT2D eigenvalue weighted by molar-refractivity contribution is -0.137. The molecule has 1 atom stereocenters. The fraction of sp³-hybridized carbons (Fsp3) is 0.278. The van der Waals surface area contributed by atoms with E-state index in [1.807, 2.05) is 13.0 Å². The second-order valence-corrected chi connectivity index (χ2v) is 5.92. The molecule has 0 spiro atoms. The van der Waals surface area contributed by atoms with Crippen molar-refractivity contribution in [2.75, 3.05) is 5.32 Å². The molecule has 0 aliphatic rings. The van der Waals surface area contributed by atoms with E-state index in [0.29, 0.717) is 12.2 Å². The lowest BCUT2D eigenvalue weighted by Crippen LogP contribution is -2.32. The van der Waals surface area contributed by atoms with Crippen molar-refractivity contribution in [2.45, 2.75) is 32.5 Å². The number of halogens is 4. The average molecular weight is 372 g/mol. The molecular formula is C18H17ClF3NO2. The van der Waals surface area contributed by atoms with Gasteiger partial charge < -0.3 is 10.1 Å². The maximum absolute atomic E-state index is 12.9. The van der Waals surface area contributed by atoms with Crippen LogP contribution in [-0.2, 0) is 11.0 Å². The van der Waals surface area contributed by atoms with Gasteiger partial charge in [0.25, 0.3) is 5.91 Å². The lowest BCUT2D eigenvalue weighted by atomic mass is 10.1. The molecule has 2 rings (SSSR count). The zero-order valence-electron chi connectivity index (χ0n) is 13.7. The molecule has 0 aliphatic carbocycles. The van der Waals surface area contributed by atoms with Crippen LogP contribution in [0.5, 0.6) is 5.75 Å². The van der Waals surface area contributed by atoms with Gasteiger partial charge in [-0.15, -0.1) is 0 Å². The minimum atomic E-state index is -4.60. The van der Waals surface area contributed by atoms with E-state index < -0.39 is 28.8 Å². The summed E-state index contributed by atoms with van der Waals surface area (Å²) in [5, 5.41) is 2.02. The van der Waals surface area contributed by atoms with Crippen LogP contribution >= 0.6 is 11.6 Å². The van der Waals surface area contributed by atoms with Crippen LogP contribution in [0.25, 0.3) is 0 Å². The molecule has 0 fully saturated rings. The molecule has 1 N–H and O–H groups in total. The summed E-state index contributed by atoms with van der Waals surface area (Å²) in [6.45, 7) is 3.64. The van der Waals surface area contributed by atoms with Gasteiger partial charge in [-0.25, -0.2) is 0 Å². The lowest BCUT2D eigenvalue weighted by Gasteiger charge is -2.18. The molecule has 0 heterocycles. The number of rotatable bonds is 5. The second-order valence-electron chi connectivity index (χ2n) is 5.51. The zero-order valence-corrected chi connectivity index (χ0v) is 14.4. The number of aryl methyl sites for hydroxylation is 1. The normalized spacial score (nSPS) is 12.6. The maximum atomic E-state index is 12.9. The number of benzene rings is 2. The Labute approximate surface area is 148 Å². The van der Waals surface area contributed by atoms with E-state index in [1.165, 1.54) is 6.07 Å². The summed E-state index contributed by atoms with van der Waals surface area (Å²) < 4.78 is 44.3. The van der Waals surface area contributed by atoms with E-state index in [2.05, 4.69) is 5.32 Å². The third-order valence-electron chi connectivity index (χ3n) is 3.47. The van der Waals surface area contributed by atoms with Crippen LogP contribution in [0, 0.1) is 6.92 Å². The summed E-state index contributed by atoms with van der Waals surface area (Å²) in [5.74, 6) is -0.00598. The molecule has 2 aromatic carbocycles. The van der Waals surface area contributed by atoms with Gasteiger partial charge in [0.2, 0.25) is 0 Å². The van der Waals surface area contributed by atoms with Crippen LogP contribution in [0.2, 0.25) is 5.02 Å². The predicted molar refractivity (Wildman–Crippen MR) is 91.0 cm³/mol. The Hall–Kier alpha value is -2.21. The molecule has 7 heteroatoms. The Morgan fingerprint density at radius 2 is 1.96 bits per heavy atom. The summed E-state index contributed by atoms with van der Waals surface area (Å²) >= 11 is 5.57. The van der Waals surface area contributed by atoms with E-state index in [4.69, 9.17) is 16.3 Å². The highest BCUT2D eigenvalue weighted by molar-refractivity contribution is 6.31. The monoisotopic (exact) mass is 371 g/mol. The summed E-state index contributed by atoms with van der Waals surface area (Å²) in [5.41, 5.74) is -0.0204. The van der Waals surface area contributed by atoms with Gasteiger partial charge in [0, 0.05) is 5.69 Å². The summed E-state index contributed by atoms with van der Waals surface area (Å²) in [7, 11) is 0. The van der Waals surface area contributed by atoms with Crippen molar-refractivity contribution in [3.8, 4) is 5.75 Å². The van der Waals surface area contributed by atoms with Crippen molar-refractivity contribution in [3.63, 3.8) is 0 Å². The molecule has 0 unspecified atom stereocenters. The maximum Gasteiger partial charge on any atom is 0.417 e. The van der Waals surface area contributed by atoms with Gasteiger partial charge in [-0.1, -0.05) is 30.7 Å². The first-order chi connectivity index (χ1) is 11.7. The third kappa shape index (κ3) is 5.13. The van der Waals surface area contributed by atoms with Gasteiger partial charge in [0.15, 0.2) is 6.10 Å². The Kier molecular flexibility index (Phi) is 5.95. The summed E-state index contributed by atoms with van der Waals surface area (Å²) in [6.07, 6.45) is -5.06. The van der Waals surface area contributed by atoms with Crippen LogP contribution in [-0.4, -0.2) is 12.0 Å². The van der Waals surface area contributed by atoms with Gasteiger partial charge in [0.05, 0.1) is 10.6 Å². The molecule has 0 saturated heterocycles. The van der Waals surface area contributed by atoms with Gasteiger partial charge in [-0.3, -0.25) is 4.79 Å². The van der Waals surface area contributed by atoms with E-state index in [-0.39, 0.29) is 5.69 Å². The van der Waals surface area contributed by atoms with Crippen LogP contribution in [0.4, 0.5) is 18.9 Å². The number of anilines is 1. The van der Waals surface area contributed by atoms with E-state index in [0.717, 1.165) is 17.7 Å². The van der Waals surface area contributed by atoms with Crippen molar-refractivity contribution in [3.05, 3.63) is 58.6 Å². The standard InChI is InChI=1S/C18H17ClF3NO2/c1-3-16(25-13-6-4-5-11(2)9-13)17(24)23-12-7-8-15(19)14(10-12)18(20,21)22/h4-10,16H,3H2,1-2H3,(H,23,24)/t16-/m1/s1. The van der Waals surface area contributed by atoms with E-state index in [1.54, 1.807) is 25.1 Å². The van der Waals surface area contributed by atoms with Crippen molar-refractivity contribution in [2.24, 2.45) is 0 Å². The van der Waals surface area contributed by atoms with Gasteiger partial charge in [0.1, 0.15) is 5.75 Å². The van der Waals surface area contributed by atoms with Crippen LogP contribution in [0.3, 0.4) is 0 Å². The molecule has 134 valence electrons. The first-order valence-electron chi connectivity index (χ1n) is 7.61. The molecule has 1 amide bonds. The summed E-state index contributed by atoms with van der Waals surface area (Å²) in [4.78, 5) is 12.3. The highest BCUT2D eigenvalue weighted by atomic mass is 35.5. The molecule has 2 aromatic rings. The number of hydrogen-bond donors (Lipinski definition) is 1. The Morgan fingerprint density at radius 3 is 2.56 bits per heavy atom. The SMILES string of the molecule is CC[C@@H](Oc1cccc(C)c1)C(=O)Nc1ccc(Cl)c(C(F)(F)F)c1. The van der Waals surface area contributed by atoms with Crippen LogP contribution in [0.15, 0.2) is 42.5 Å². The molecule has 0 saturated carbocycles. The van der Waals surface area contributed by atoms with Crippen molar-refractivity contribution < 1.29 is 22.7 Å². The van der Waals surface area contributed by atoms with Crippen LogP contribution < -0.4 is 10.1 Å². The van der Waals surface area contributed by atoms with E-state index >= 15 is 0 Å². The van der Waals surface area contributed by atoms with E-state index in [9.17, 15) is 18.0 Å². The predicted octanol–water partition coefficient (Wildman–Crippen LogP) is 5.46. The van der Waals surface area contributed by atoms with Crippen molar-refractivity contribution >= 4 is 23.2 Å².